The van der Waals surface area contributed by atoms with Crippen molar-refractivity contribution in [2.24, 2.45) is 4.99 Å². The Hall–Kier alpha value is -5.48. The van der Waals surface area contributed by atoms with Gasteiger partial charge in [0.15, 0.2) is 5.58 Å². The number of hydrogen-bond donors (Lipinski definition) is 1. The summed E-state index contributed by atoms with van der Waals surface area (Å²) in [6, 6.07) is 36.4. The number of benzene rings is 6. The minimum Gasteiger partial charge on any atom is -0.507 e. The maximum atomic E-state index is 11.6. The van der Waals surface area contributed by atoms with Crippen molar-refractivity contribution in [3.05, 3.63) is 137 Å². The lowest BCUT2D eigenvalue weighted by Gasteiger charge is -2.27. The summed E-state index contributed by atoms with van der Waals surface area (Å²) >= 11 is 0. The first-order valence-electron chi connectivity index (χ1n) is 19.0. The van der Waals surface area contributed by atoms with Crippen molar-refractivity contribution >= 4 is 33.8 Å². The predicted octanol–water partition coefficient (Wildman–Crippen LogP) is 13.9. The van der Waals surface area contributed by atoms with Crippen molar-refractivity contribution < 1.29 is 9.52 Å². The van der Waals surface area contributed by atoms with E-state index in [1.54, 1.807) is 6.21 Å². The molecule has 0 saturated carbocycles. The number of phenols is 1. The van der Waals surface area contributed by atoms with Gasteiger partial charge in [0.05, 0.1) is 11.3 Å². The third kappa shape index (κ3) is 7.22. The van der Waals surface area contributed by atoms with Crippen LogP contribution in [-0.4, -0.2) is 16.3 Å². The second-order valence-corrected chi connectivity index (χ2v) is 18.0. The highest BCUT2D eigenvalue weighted by Crippen LogP contribution is 2.42. The molecule has 0 saturated heterocycles. The number of hydrogen-bond acceptors (Lipinski definition) is 4. The van der Waals surface area contributed by atoms with Crippen LogP contribution in [0.1, 0.15) is 95.7 Å². The molecule has 0 atom stereocenters. The Labute approximate surface area is 320 Å². The molecule has 274 valence electrons. The summed E-state index contributed by atoms with van der Waals surface area (Å²) in [4.78, 5) is 10.4. The van der Waals surface area contributed by atoms with E-state index in [0.29, 0.717) is 11.5 Å². The maximum Gasteiger partial charge on any atom is 0.229 e. The van der Waals surface area contributed by atoms with E-state index in [1.807, 2.05) is 12.1 Å². The van der Waals surface area contributed by atoms with E-state index in [4.69, 9.17) is 14.4 Å². The monoisotopic (exact) mass is 712 g/mol. The molecule has 0 aliphatic carbocycles. The molecule has 1 N–H and O–H groups in total. The van der Waals surface area contributed by atoms with Crippen LogP contribution in [0, 0.1) is 13.8 Å². The number of nitrogens with zero attached hydrogens (tertiary/aromatic N) is 2. The highest BCUT2D eigenvalue weighted by atomic mass is 16.3. The maximum absolute atomic E-state index is 11.6. The third-order valence-electron chi connectivity index (χ3n) is 10.4. The molecule has 1 heterocycles. The molecule has 0 aliphatic heterocycles. The van der Waals surface area contributed by atoms with Crippen LogP contribution in [0.4, 0.5) is 5.69 Å². The van der Waals surface area contributed by atoms with Crippen LogP contribution < -0.4 is 0 Å². The minimum absolute atomic E-state index is 0.108. The number of rotatable bonds is 5. The lowest BCUT2D eigenvalue weighted by atomic mass is 9.79. The Kier molecular flexibility index (Phi) is 9.16. The molecule has 4 nitrogen and oxygen atoms in total. The molecular formula is C50H52N2O2. The second kappa shape index (κ2) is 13.4. The number of fused-ring (bicyclic) bond motifs is 2. The van der Waals surface area contributed by atoms with E-state index >= 15 is 0 Å². The molecule has 7 aromatic rings. The van der Waals surface area contributed by atoms with Gasteiger partial charge in [0, 0.05) is 28.3 Å². The molecule has 0 amide bonds. The number of aromatic hydroxyl groups is 1. The lowest BCUT2D eigenvalue weighted by molar-refractivity contribution is 0.444. The topological polar surface area (TPSA) is 58.6 Å². The predicted molar refractivity (Wildman–Crippen MR) is 229 cm³/mol. The molecule has 0 bridgehead atoms. The SMILES string of the molecule is Cc1cc(C)cc(-c2ccc(-c3cc(C(C)(C)C)cc4oc(-c5ccc6ccccc6c5N=Cc5cc(C(C)(C)C)cc(C(C)(C)C)c5O)nc34)cc2)c1. The molecule has 0 fully saturated rings. The third-order valence-corrected chi connectivity index (χ3v) is 10.4. The molecule has 6 aromatic carbocycles. The number of oxazole rings is 1. The normalized spacial score (nSPS) is 12.7. The number of phenolic OH excluding ortho intramolecular Hbond substituents is 1. The van der Waals surface area contributed by atoms with Crippen molar-refractivity contribution in [3.8, 4) is 39.5 Å². The zero-order chi connectivity index (χ0) is 38.7. The first kappa shape index (κ1) is 36.9. The van der Waals surface area contributed by atoms with E-state index in [9.17, 15) is 5.11 Å². The van der Waals surface area contributed by atoms with Crippen molar-refractivity contribution in [2.75, 3.05) is 0 Å². The van der Waals surface area contributed by atoms with Gasteiger partial charge in [0.1, 0.15) is 11.3 Å². The van der Waals surface area contributed by atoms with Crippen LogP contribution in [0.5, 0.6) is 5.75 Å². The zero-order valence-corrected chi connectivity index (χ0v) is 33.6. The first-order valence-corrected chi connectivity index (χ1v) is 19.0. The summed E-state index contributed by atoms with van der Waals surface area (Å²) in [5, 5.41) is 13.6. The van der Waals surface area contributed by atoms with E-state index < -0.39 is 0 Å². The van der Waals surface area contributed by atoms with Gasteiger partial charge in [-0.15, -0.1) is 0 Å². The fourth-order valence-corrected chi connectivity index (χ4v) is 7.24. The average Bonchev–Trinajstić information content (AvgIpc) is 3.53. The summed E-state index contributed by atoms with van der Waals surface area (Å²) in [5.41, 5.74) is 13.5. The molecule has 0 spiro atoms. The van der Waals surface area contributed by atoms with E-state index in [2.05, 4.69) is 167 Å². The van der Waals surface area contributed by atoms with E-state index in [1.165, 1.54) is 27.8 Å². The Morgan fingerprint density at radius 3 is 1.89 bits per heavy atom. The van der Waals surface area contributed by atoms with Crippen LogP contribution in [0.3, 0.4) is 0 Å². The lowest BCUT2D eigenvalue weighted by Crippen LogP contribution is -2.17. The quantitative estimate of drug-likeness (QED) is 0.181. The van der Waals surface area contributed by atoms with Gasteiger partial charge in [-0.2, -0.15) is 0 Å². The van der Waals surface area contributed by atoms with Gasteiger partial charge < -0.3 is 9.52 Å². The molecule has 54 heavy (non-hydrogen) atoms. The van der Waals surface area contributed by atoms with Crippen LogP contribution >= 0.6 is 0 Å². The van der Waals surface area contributed by atoms with Gasteiger partial charge in [-0.25, -0.2) is 4.98 Å². The summed E-state index contributed by atoms with van der Waals surface area (Å²) in [5.74, 6) is 0.760. The van der Waals surface area contributed by atoms with E-state index in [-0.39, 0.29) is 22.0 Å². The number of aliphatic imine (C=N–C) groups is 1. The van der Waals surface area contributed by atoms with Gasteiger partial charge in [-0.05, 0) is 87.6 Å². The zero-order valence-electron chi connectivity index (χ0n) is 33.6. The van der Waals surface area contributed by atoms with Gasteiger partial charge in [0.25, 0.3) is 0 Å². The Balaban J connectivity index is 1.40. The fourth-order valence-electron chi connectivity index (χ4n) is 7.24. The van der Waals surface area contributed by atoms with Crippen molar-refractivity contribution in [1.29, 1.82) is 0 Å². The molecule has 7 rings (SSSR count). The highest BCUT2D eigenvalue weighted by Gasteiger charge is 2.26. The molecule has 0 radical (unpaired) electrons. The summed E-state index contributed by atoms with van der Waals surface area (Å²) in [7, 11) is 0. The first-order chi connectivity index (χ1) is 25.4. The fraction of sp³-hybridized carbons (Fsp3) is 0.280. The van der Waals surface area contributed by atoms with Gasteiger partial charge in [0.2, 0.25) is 5.89 Å². The Bertz CT molecular complexity index is 2540. The molecule has 1 aromatic heterocycles. The number of aryl methyl sites for hydroxylation is 2. The van der Waals surface area contributed by atoms with Crippen LogP contribution in [-0.2, 0) is 16.2 Å². The van der Waals surface area contributed by atoms with Crippen molar-refractivity contribution in [1.82, 2.24) is 4.98 Å². The van der Waals surface area contributed by atoms with Crippen LogP contribution in [0.15, 0.2) is 113 Å². The summed E-state index contributed by atoms with van der Waals surface area (Å²) in [6.07, 6.45) is 1.80. The minimum atomic E-state index is -0.250. The van der Waals surface area contributed by atoms with Crippen LogP contribution in [0.25, 0.3) is 55.6 Å². The van der Waals surface area contributed by atoms with Crippen molar-refractivity contribution in [2.45, 2.75) is 92.4 Å². The van der Waals surface area contributed by atoms with Crippen molar-refractivity contribution in [3.63, 3.8) is 0 Å². The Morgan fingerprint density at radius 2 is 1.24 bits per heavy atom. The molecular weight excluding hydrogens is 661 g/mol. The highest BCUT2D eigenvalue weighted by molar-refractivity contribution is 6.03. The summed E-state index contributed by atoms with van der Waals surface area (Å²) < 4.78 is 6.73. The average molecular weight is 713 g/mol. The van der Waals surface area contributed by atoms with Gasteiger partial charge in [-0.1, -0.05) is 152 Å². The largest absolute Gasteiger partial charge is 0.507 e. The van der Waals surface area contributed by atoms with Gasteiger partial charge >= 0.3 is 0 Å². The van der Waals surface area contributed by atoms with Crippen LogP contribution in [0.2, 0.25) is 0 Å². The standard InChI is InChI=1S/C50H52N2O2/c1-30-22-31(2)24-35(23-30)32-16-18-34(19-17-32)41-26-38(49(6,7)8)28-43-45(41)52-47(54-43)40-21-20-33-14-12-13-15-39(33)44(40)51-29-36-25-37(48(3,4)5)27-42(46(36)53)50(9,10)11/h12-29,53H,1-11H3. The second-order valence-electron chi connectivity index (χ2n) is 18.0. The Morgan fingerprint density at radius 1 is 0.611 bits per heavy atom. The number of aromatic nitrogens is 1. The summed E-state index contributed by atoms with van der Waals surface area (Å²) in [6.45, 7) is 23.9. The van der Waals surface area contributed by atoms with E-state index in [0.717, 1.165) is 55.4 Å². The molecule has 4 heteroatoms. The molecule has 0 unspecified atom stereocenters. The molecule has 0 aliphatic rings. The smallest absolute Gasteiger partial charge is 0.229 e. The van der Waals surface area contributed by atoms with Gasteiger partial charge in [-0.3, -0.25) is 4.99 Å².